The van der Waals surface area contributed by atoms with E-state index in [1.165, 1.54) is 31.4 Å². The fourth-order valence-corrected chi connectivity index (χ4v) is 5.00. The van der Waals surface area contributed by atoms with Gasteiger partial charge >= 0.3 is 0 Å². The van der Waals surface area contributed by atoms with Crippen LogP contribution in [0.5, 0.6) is 0 Å². The zero-order chi connectivity index (χ0) is 15.0. The van der Waals surface area contributed by atoms with E-state index >= 15 is 0 Å². The maximum atomic E-state index is 6.57. The number of hydrogen-bond donors (Lipinski definition) is 1. The lowest BCUT2D eigenvalue weighted by atomic mass is 9.70. The second kappa shape index (κ2) is 5.92. The van der Waals surface area contributed by atoms with Crippen molar-refractivity contribution in [3.05, 3.63) is 16.4 Å². The number of hydrogen-bond acceptors (Lipinski definition) is 2. The van der Waals surface area contributed by atoms with E-state index in [-0.39, 0.29) is 0 Å². The quantitative estimate of drug-likeness (QED) is 0.865. The van der Waals surface area contributed by atoms with Gasteiger partial charge in [-0.3, -0.25) is 4.68 Å². The first-order valence-electron chi connectivity index (χ1n) is 8.52. The van der Waals surface area contributed by atoms with Gasteiger partial charge < -0.3 is 5.32 Å². The number of nitrogens with zero attached hydrogens (tertiary/aromatic N) is 2. The fourth-order valence-electron chi connectivity index (χ4n) is 4.80. The first-order chi connectivity index (χ1) is 10.1. The van der Waals surface area contributed by atoms with Crippen molar-refractivity contribution in [2.75, 3.05) is 13.1 Å². The van der Waals surface area contributed by atoms with Crippen molar-refractivity contribution in [3.8, 4) is 0 Å². The van der Waals surface area contributed by atoms with Gasteiger partial charge in [0.05, 0.1) is 16.4 Å². The molecule has 21 heavy (non-hydrogen) atoms. The minimum absolute atomic E-state index is 0.405. The van der Waals surface area contributed by atoms with Crippen molar-refractivity contribution < 1.29 is 0 Å². The molecule has 2 bridgehead atoms. The van der Waals surface area contributed by atoms with E-state index in [4.69, 9.17) is 11.6 Å². The average Bonchev–Trinajstić information content (AvgIpc) is 3.15. The van der Waals surface area contributed by atoms with Crippen LogP contribution in [0.3, 0.4) is 0 Å². The largest absolute Gasteiger partial charge is 0.316 e. The average molecular weight is 310 g/mol. The third-order valence-electron chi connectivity index (χ3n) is 5.80. The molecule has 1 heterocycles. The molecule has 2 aliphatic carbocycles. The summed E-state index contributed by atoms with van der Waals surface area (Å²) >= 11 is 6.57. The molecule has 1 aromatic rings. The van der Waals surface area contributed by atoms with Crippen LogP contribution in [0.15, 0.2) is 0 Å². The third-order valence-corrected chi connectivity index (χ3v) is 6.29. The van der Waals surface area contributed by atoms with Gasteiger partial charge in [-0.25, -0.2) is 0 Å². The van der Waals surface area contributed by atoms with Crippen molar-refractivity contribution in [3.63, 3.8) is 0 Å². The van der Waals surface area contributed by atoms with Crippen LogP contribution in [-0.4, -0.2) is 22.9 Å². The molecular weight excluding hydrogens is 282 g/mol. The SMILES string of the molecule is CCNCC1(Cc2c(Cl)c(C)nn2CC)CC2CCC1C2. The molecule has 3 unspecified atom stereocenters. The maximum Gasteiger partial charge on any atom is 0.0847 e. The lowest BCUT2D eigenvalue weighted by Gasteiger charge is -2.38. The van der Waals surface area contributed by atoms with Gasteiger partial charge in [0.1, 0.15) is 0 Å². The van der Waals surface area contributed by atoms with Crippen LogP contribution in [0.2, 0.25) is 5.02 Å². The number of aryl methyl sites for hydroxylation is 2. The Labute approximate surface area is 133 Å². The summed E-state index contributed by atoms with van der Waals surface area (Å²) in [5.41, 5.74) is 2.65. The van der Waals surface area contributed by atoms with Crippen molar-refractivity contribution in [1.82, 2.24) is 15.1 Å². The predicted molar refractivity (Wildman–Crippen MR) is 87.8 cm³/mol. The number of fused-ring (bicyclic) bond motifs is 2. The predicted octanol–water partition coefficient (Wildman–Crippen LogP) is 3.82. The molecule has 3 nitrogen and oxygen atoms in total. The van der Waals surface area contributed by atoms with Gasteiger partial charge in [0, 0.05) is 13.1 Å². The first-order valence-corrected chi connectivity index (χ1v) is 8.90. The molecule has 1 aromatic heterocycles. The Kier molecular flexibility index (Phi) is 4.33. The van der Waals surface area contributed by atoms with E-state index in [1.54, 1.807) is 0 Å². The van der Waals surface area contributed by atoms with Crippen LogP contribution in [0.4, 0.5) is 0 Å². The Morgan fingerprint density at radius 1 is 1.38 bits per heavy atom. The van der Waals surface area contributed by atoms with Gasteiger partial charge in [-0.2, -0.15) is 5.10 Å². The maximum absolute atomic E-state index is 6.57. The van der Waals surface area contributed by atoms with Gasteiger partial charge in [0.2, 0.25) is 0 Å². The molecule has 1 N–H and O–H groups in total. The van der Waals surface area contributed by atoms with E-state index in [0.29, 0.717) is 5.41 Å². The molecule has 0 aliphatic heterocycles. The summed E-state index contributed by atoms with van der Waals surface area (Å²) in [6, 6.07) is 0. The summed E-state index contributed by atoms with van der Waals surface area (Å²) in [6.45, 7) is 9.48. The molecule has 0 aromatic carbocycles. The Bertz CT molecular complexity index is 510. The Morgan fingerprint density at radius 3 is 2.76 bits per heavy atom. The van der Waals surface area contributed by atoms with Crippen LogP contribution in [0.1, 0.15) is 50.9 Å². The highest BCUT2D eigenvalue weighted by Gasteiger charge is 2.50. The second-order valence-corrected chi connectivity index (χ2v) is 7.44. The van der Waals surface area contributed by atoms with E-state index in [9.17, 15) is 0 Å². The zero-order valence-electron chi connectivity index (χ0n) is 13.6. The summed E-state index contributed by atoms with van der Waals surface area (Å²) in [7, 11) is 0. The van der Waals surface area contributed by atoms with E-state index in [1.807, 2.05) is 6.92 Å². The van der Waals surface area contributed by atoms with Crippen LogP contribution < -0.4 is 5.32 Å². The summed E-state index contributed by atoms with van der Waals surface area (Å²) in [4.78, 5) is 0. The van der Waals surface area contributed by atoms with Crippen molar-refractivity contribution in [2.45, 2.75) is 59.4 Å². The lowest BCUT2D eigenvalue weighted by molar-refractivity contribution is 0.153. The third kappa shape index (κ3) is 2.63. The van der Waals surface area contributed by atoms with Crippen LogP contribution >= 0.6 is 11.6 Å². The summed E-state index contributed by atoms with van der Waals surface area (Å²) in [5.74, 6) is 1.82. The number of halogens is 1. The highest BCUT2D eigenvalue weighted by Crippen LogP contribution is 2.57. The van der Waals surface area contributed by atoms with E-state index in [2.05, 4.69) is 28.9 Å². The Morgan fingerprint density at radius 2 is 2.19 bits per heavy atom. The molecule has 0 radical (unpaired) electrons. The van der Waals surface area contributed by atoms with Gasteiger partial charge in [0.25, 0.3) is 0 Å². The Hall–Kier alpha value is -0.540. The van der Waals surface area contributed by atoms with Gasteiger partial charge in [-0.05, 0) is 63.3 Å². The van der Waals surface area contributed by atoms with E-state index < -0.39 is 0 Å². The van der Waals surface area contributed by atoms with Gasteiger partial charge in [-0.15, -0.1) is 0 Å². The smallest absolute Gasteiger partial charge is 0.0847 e. The first kappa shape index (κ1) is 15.4. The lowest BCUT2D eigenvalue weighted by Crippen LogP contribution is -2.41. The van der Waals surface area contributed by atoms with Crippen molar-refractivity contribution in [2.24, 2.45) is 17.3 Å². The summed E-state index contributed by atoms with van der Waals surface area (Å²) < 4.78 is 2.12. The second-order valence-electron chi connectivity index (χ2n) is 7.06. The standard InChI is InChI=1S/C17H28ClN3/c1-4-19-11-17(9-13-6-7-14(17)8-13)10-15-16(18)12(3)20-21(15)5-2/h13-14,19H,4-11H2,1-3H3. The minimum atomic E-state index is 0.405. The monoisotopic (exact) mass is 309 g/mol. The molecule has 0 spiro atoms. The van der Waals surface area contributed by atoms with Crippen LogP contribution in [0, 0.1) is 24.2 Å². The van der Waals surface area contributed by atoms with Crippen molar-refractivity contribution >= 4 is 11.6 Å². The topological polar surface area (TPSA) is 29.9 Å². The van der Waals surface area contributed by atoms with Crippen LogP contribution in [-0.2, 0) is 13.0 Å². The molecule has 0 amide bonds. The molecule has 2 aliphatic rings. The molecule has 3 rings (SSSR count). The highest BCUT2D eigenvalue weighted by molar-refractivity contribution is 6.31. The summed E-state index contributed by atoms with van der Waals surface area (Å²) in [5, 5.41) is 9.13. The number of aromatic nitrogens is 2. The minimum Gasteiger partial charge on any atom is -0.316 e. The molecule has 2 saturated carbocycles. The molecule has 0 saturated heterocycles. The van der Waals surface area contributed by atoms with Gasteiger partial charge in [0.15, 0.2) is 0 Å². The molecular formula is C17H28ClN3. The molecule has 3 atom stereocenters. The molecule has 2 fully saturated rings. The fraction of sp³-hybridized carbons (Fsp3) is 0.824. The molecule has 4 heteroatoms. The zero-order valence-corrected chi connectivity index (χ0v) is 14.3. The van der Waals surface area contributed by atoms with Gasteiger partial charge in [-0.1, -0.05) is 24.9 Å². The number of nitrogens with one attached hydrogen (secondary N) is 1. The normalized spacial score (nSPS) is 31.2. The van der Waals surface area contributed by atoms with Crippen LogP contribution in [0.25, 0.3) is 0 Å². The Balaban J connectivity index is 1.89. The van der Waals surface area contributed by atoms with Crippen molar-refractivity contribution in [1.29, 1.82) is 0 Å². The summed E-state index contributed by atoms with van der Waals surface area (Å²) in [6.07, 6.45) is 6.75. The number of rotatable bonds is 6. The highest BCUT2D eigenvalue weighted by atomic mass is 35.5. The van der Waals surface area contributed by atoms with E-state index in [0.717, 1.165) is 48.6 Å². The molecule has 118 valence electrons.